The molecule has 0 aliphatic heterocycles. The lowest BCUT2D eigenvalue weighted by Gasteiger charge is -2.71. The minimum absolute atomic E-state index is 0.0111. The molecule has 0 saturated heterocycles. The maximum atomic E-state index is 11.6. The molecule has 6 nitrogen and oxygen atoms in total. The van der Waals surface area contributed by atoms with Gasteiger partial charge in [0.25, 0.3) is 0 Å². The van der Waals surface area contributed by atoms with Crippen LogP contribution in [0.2, 0.25) is 0 Å². The van der Waals surface area contributed by atoms with Gasteiger partial charge >= 0.3 is 17.9 Å². The van der Waals surface area contributed by atoms with Crippen molar-refractivity contribution in [3.63, 3.8) is 0 Å². The van der Waals surface area contributed by atoms with Crippen LogP contribution in [0.4, 0.5) is 0 Å². The number of benzene rings is 3. The van der Waals surface area contributed by atoms with E-state index in [4.69, 9.17) is 0 Å². The van der Waals surface area contributed by atoms with Gasteiger partial charge in [0.15, 0.2) is 0 Å². The summed E-state index contributed by atoms with van der Waals surface area (Å²) >= 11 is 0. The van der Waals surface area contributed by atoms with Gasteiger partial charge in [-0.1, -0.05) is 43.3 Å². The van der Waals surface area contributed by atoms with Gasteiger partial charge in [0.05, 0.1) is 16.7 Å². The number of aromatic carboxylic acids is 3. The van der Waals surface area contributed by atoms with E-state index in [1.165, 1.54) is 0 Å². The van der Waals surface area contributed by atoms with E-state index in [0.29, 0.717) is 0 Å². The summed E-state index contributed by atoms with van der Waals surface area (Å²) in [6.45, 7) is 2.35. The maximum absolute atomic E-state index is 11.6. The van der Waals surface area contributed by atoms with E-state index in [1.54, 1.807) is 36.4 Å². The van der Waals surface area contributed by atoms with Gasteiger partial charge in [-0.05, 0) is 113 Å². The van der Waals surface area contributed by atoms with Crippen LogP contribution in [-0.2, 0) is 16.2 Å². The van der Waals surface area contributed by atoms with E-state index in [2.05, 4.69) is 6.92 Å². The molecule has 38 heavy (non-hydrogen) atoms. The minimum Gasteiger partial charge on any atom is -0.478 e. The number of rotatable bonds is 6. The predicted octanol–water partition coefficient (Wildman–Crippen LogP) is 6.28. The Bertz CT molecular complexity index is 1270. The summed E-state index contributed by atoms with van der Waals surface area (Å²) in [5.41, 5.74) is 3.69. The molecule has 3 N–H and O–H groups in total. The van der Waals surface area contributed by atoms with Crippen LogP contribution in [-0.4, -0.2) is 33.2 Å². The van der Waals surface area contributed by atoms with Gasteiger partial charge in [-0.25, -0.2) is 14.4 Å². The van der Waals surface area contributed by atoms with E-state index in [9.17, 15) is 29.7 Å². The molecule has 4 bridgehead atoms. The molecule has 4 fully saturated rings. The molecular weight excluding hydrogens is 480 g/mol. The smallest absolute Gasteiger partial charge is 0.335 e. The Balaban J connectivity index is 1.53. The molecule has 0 spiro atoms. The molecule has 7 rings (SSSR count). The van der Waals surface area contributed by atoms with Crippen molar-refractivity contribution in [3.05, 3.63) is 106 Å². The Morgan fingerprint density at radius 1 is 0.474 bits per heavy atom. The molecule has 6 heteroatoms. The van der Waals surface area contributed by atoms with Gasteiger partial charge in [-0.3, -0.25) is 0 Å². The minimum atomic E-state index is -0.945. The maximum Gasteiger partial charge on any atom is 0.335 e. The average Bonchev–Trinajstić information content (AvgIpc) is 2.87. The third-order valence-electron chi connectivity index (χ3n) is 9.56. The Morgan fingerprint density at radius 3 is 0.921 bits per heavy atom. The lowest BCUT2D eigenvalue weighted by molar-refractivity contribution is -0.0988. The van der Waals surface area contributed by atoms with E-state index in [1.807, 2.05) is 36.4 Å². The molecular formula is C32H30O6. The van der Waals surface area contributed by atoms with Crippen LogP contribution in [0, 0.1) is 5.41 Å². The highest BCUT2D eigenvalue weighted by molar-refractivity contribution is 5.88. The van der Waals surface area contributed by atoms with Gasteiger partial charge in [0, 0.05) is 0 Å². The summed E-state index contributed by atoms with van der Waals surface area (Å²) in [4.78, 5) is 34.7. The van der Waals surface area contributed by atoms with E-state index < -0.39 is 17.9 Å². The molecule has 0 heterocycles. The molecule has 4 aliphatic carbocycles. The van der Waals surface area contributed by atoms with Crippen LogP contribution in [0.3, 0.4) is 0 Å². The monoisotopic (exact) mass is 510 g/mol. The van der Waals surface area contributed by atoms with Crippen LogP contribution < -0.4 is 0 Å². The van der Waals surface area contributed by atoms with Crippen LogP contribution >= 0.6 is 0 Å². The van der Waals surface area contributed by atoms with Gasteiger partial charge in [-0.15, -0.1) is 0 Å². The summed E-state index contributed by atoms with van der Waals surface area (Å²) < 4.78 is 0. The number of carboxylic acids is 3. The fourth-order valence-electron chi connectivity index (χ4n) is 8.96. The van der Waals surface area contributed by atoms with Crippen LogP contribution in [0.5, 0.6) is 0 Å². The van der Waals surface area contributed by atoms with Crippen molar-refractivity contribution in [2.24, 2.45) is 5.41 Å². The second-order valence-electron chi connectivity index (χ2n) is 12.4. The first-order valence-corrected chi connectivity index (χ1v) is 13.0. The lowest BCUT2D eigenvalue weighted by Crippen LogP contribution is -2.65. The van der Waals surface area contributed by atoms with E-state index >= 15 is 0 Å². The third kappa shape index (κ3) is 3.65. The number of carboxylic acid groups (broad SMARTS) is 3. The van der Waals surface area contributed by atoms with Crippen molar-refractivity contribution in [2.75, 3.05) is 0 Å². The summed E-state index contributed by atoms with van der Waals surface area (Å²) in [5.74, 6) is -2.84. The topological polar surface area (TPSA) is 112 Å². The van der Waals surface area contributed by atoms with Crippen molar-refractivity contribution < 1.29 is 29.7 Å². The van der Waals surface area contributed by atoms with Crippen LogP contribution in [0.15, 0.2) is 72.8 Å². The van der Waals surface area contributed by atoms with Crippen molar-refractivity contribution in [1.82, 2.24) is 0 Å². The van der Waals surface area contributed by atoms with Crippen molar-refractivity contribution in [1.29, 1.82) is 0 Å². The summed E-state index contributed by atoms with van der Waals surface area (Å²) in [7, 11) is 0. The average molecular weight is 511 g/mol. The van der Waals surface area contributed by atoms with Gasteiger partial charge < -0.3 is 15.3 Å². The molecule has 3 aromatic rings. The zero-order valence-electron chi connectivity index (χ0n) is 21.2. The van der Waals surface area contributed by atoms with Crippen molar-refractivity contribution in [2.45, 2.75) is 61.7 Å². The second kappa shape index (κ2) is 8.03. The van der Waals surface area contributed by atoms with Crippen molar-refractivity contribution in [3.8, 4) is 0 Å². The van der Waals surface area contributed by atoms with Crippen LogP contribution in [0.25, 0.3) is 0 Å². The molecule has 0 unspecified atom stereocenters. The molecule has 4 aliphatic rings. The molecule has 194 valence electrons. The van der Waals surface area contributed by atoms with Gasteiger partial charge in [0.2, 0.25) is 0 Å². The van der Waals surface area contributed by atoms with E-state index in [0.717, 1.165) is 55.2 Å². The number of hydrogen-bond acceptors (Lipinski definition) is 3. The highest BCUT2D eigenvalue weighted by Gasteiger charge is 2.67. The second-order valence-corrected chi connectivity index (χ2v) is 12.4. The normalized spacial score (nSPS) is 31.2. The molecule has 0 radical (unpaired) electrons. The van der Waals surface area contributed by atoms with Gasteiger partial charge in [-0.2, -0.15) is 0 Å². The number of hydrogen-bond donors (Lipinski definition) is 3. The third-order valence-corrected chi connectivity index (χ3v) is 9.56. The summed E-state index contributed by atoms with van der Waals surface area (Å²) in [5, 5.41) is 28.4. The standard InChI is InChI=1S/C32H30O6/c1-29-14-30(23-8-2-20(3-9-23)26(33)34)17-31(15-29,24-10-4-21(5-11-24)27(35)36)19-32(16-29,18-30)25-12-6-22(7-13-25)28(37)38/h2-13H,14-19H2,1H3,(H,33,34)(H,35,36)(H,37,38). The fourth-order valence-corrected chi connectivity index (χ4v) is 8.96. The SMILES string of the molecule is CC12CC3(c4ccc(C(=O)O)cc4)CC(c4ccc(C(=O)O)cc4)(C1)CC(c1ccc(C(=O)O)cc1)(C2)C3. The largest absolute Gasteiger partial charge is 0.478 e. The van der Waals surface area contributed by atoms with Crippen molar-refractivity contribution >= 4 is 17.9 Å². The Kier molecular flexibility index (Phi) is 5.16. The molecule has 0 aromatic heterocycles. The zero-order chi connectivity index (χ0) is 26.9. The molecule has 0 amide bonds. The Hall–Kier alpha value is -3.93. The fraction of sp³-hybridized carbons (Fsp3) is 0.344. The Morgan fingerprint density at radius 2 is 0.711 bits per heavy atom. The quantitative estimate of drug-likeness (QED) is 0.360. The van der Waals surface area contributed by atoms with E-state index in [-0.39, 0.29) is 38.4 Å². The molecule has 0 atom stereocenters. The number of carbonyl (C=O) groups is 3. The first-order valence-electron chi connectivity index (χ1n) is 13.0. The summed E-state index contributed by atoms with van der Waals surface area (Å²) in [6, 6.07) is 22.0. The Labute approximate surface area is 221 Å². The first-order chi connectivity index (χ1) is 18.0. The summed E-state index contributed by atoms with van der Waals surface area (Å²) in [6.07, 6.45) is 5.71. The zero-order valence-corrected chi connectivity index (χ0v) is 21.2. The predicted molar refractivity (Wildman–Crippen MR) is 141 cm³/mol. The first kappa shape index (κ1) is 24.4. The molecule has 4 saturated carbocycles. The lowest BCUT2D eigenvalue weighted by atomic mass is 9.33. The molecule has 3 aromatic carbocycles. The highest BCUT2D eigenvalue weighted by Crippen LogP contribution is 2.74. The van der Waals surface area contributed by atoms with Crippen LogP contribution in [0.1, 0.15) is 93.2 Å². The highest BCUT2D eigenvalue weighted by atomic mass is 16.4. The van der Waals surface area contributed by atoms with Gasteiger partial charge in [0.1, 0.15) is 0 Å².